The van der Waals surface area contributed by atoms with Crippen LogP contribution in [0.2, 0.25) is 0 Å². The smallest absolute Gasteiger partial charge is 0.324 e. The lowest BCUT2D eigenvalue weighted by Gasteiger charge is -2.38. The molecular weight excluding hydrogens is 334 g/mol. The molecule has 0 spiro atoms. The highest BCUT2D eigenvalue weighted by atomic mass is 16.5. The van der Waals surface area contributed by atoms with Crippen molar-refractivity contribution in [2.75, 3.05) is 13.7 Å². The van der Waals surface area contributed by atoms with Crippen LogP contribution < -0.4 is 0 Å². The molecule has 0 aromatic heterocycles. The van der Waals surface area contributed by atoms with Crippen LogP contribution in [0.4, 0.5) is 0 Å². The molecule has 1 heterocycles. The summed E-state index contributed by atoms with van der Waals surface area (Å²) in [5.41, 5.74) is 4.11. The maximum Gasteiger partial charge on any atom is 0.324 e. The molecule has 1 saturated heterocycles. The number of hydrogen-bond acceptors (Lipinski definition) is 3. The van der Waals surface area contributed by atoms with Crippen molar-refractivity contribution in [3.8, 4) is 0 Å². The van der Waals surface area contributed by atoms with Crippen molar-refractivity contribution < 1.29 is 9.53 Å². The second-order valence-corrected chi connectivity index (χ2v) is 7.00. The third kappa shape index (κ3) is 2.94. The minimum Gasteiger partial charge on any atom is -0.468 e. The van der Waals surface area contributed by atoms with Crippen LogP contribution in [0.1, 0.15) is 22.3 Å². The summed E-state index contributed by atoms with van der Waals surface area (Å²) in [6.07, 6.45) is 0. The van der Waals surface area contributed by atoms with Gasteiger partial charge in [-0.2, -0.15) is 0 Å². The van der Waals surface area contributed by atoms with Gasteiger partial charge in [-0.15, -0.1) is 0 Å². The molecule has 3 aromatic carbocycles. The molecule has 2 atom stereocenters. The van der Waals surface area contributed by atoms with E-state index in [1.807, 2.05) is 12.1 Å². The second kappa shape index (κ2) is 7.01. The van der Waals surface area contributed by atoms with Gasteiger partial charge in [-0.1, -0.05) is 90.5 Å². The molecular formula is C24H23NO2. The monoisotopic (exact) mass is 357 g/mol. The Hall–Kier alpha value is -2.91. The summed E-state index contributed by atoms with van der Waals surface area (Å²) in [7, 11) is 1.46. The first-order valence-corrected chi connectivity index (χ1v) is 9.20. The second-order valence-electron chi connectivity index (χ2n) is 7.00. The van der Waals surface area contributed by atoms with Crippen molar-refractivity contribution in [1.29, 1.82) is 0 Å². The Morgan fingerprint density at radius 3 is 1.96 bits per heavy atom. The summed E-state index contributed by atoms with van der Waals surface area (Å²) in [5, 5.41) is 0. The predicted octanol–water partition coefficient (Wildman–Crippen LogP) is 4.14. The molecule has 1 aliphatic heterocycles. The number of esters is 1. The molecule has 4 rings (SSSR count). The molecule has 136 valence electrons. The topological polar surface area (TPSA) is 29.3 Å². The maximum atomic E-state index is 12.3. The van der Waals surface area contributed by atoms with Gasteiger partial charge in [0, 0.05) is 6.54 Å². The third-order valence-corrected chi connectivity index (χ3v) is 5.34. The Bertz CT molecular complexity index is 897. The number of ether oxygens (including phenoxy) is 1. The van der Waals surface area contributed by atoms with Crippen LogP contribution in [-0.2, 0) is 15.1 Å². The Morgan fingerprint density at radius 2 is 1.44 bits per heavy atom. The van der Waals surface area contributed by atoms with Crippen LogP contribution in [0.15, 0.2) is 84.9 Å². The number of rotatable bonds is 5. The van der Waals surface area contributed by atoms with Gasteiger partial charge >= 0.3 is 5.97 Å². The lowest BCUT2D eigenvalue weighted by Crippen LogP contribution is -2.40. The Kier molecular flexibility index (Phi) is 4.54. The van der Waals surface area contributed by atoms with Crippen LogP contribution in [0, 0.1) is 6.92 Å². The van der Waals surface area contributed by atoms with E-state index in [2.05, 4.69) is 84.6 Å². The average molecular weight is 357 g/mol. The fourth-order valence-electron chi connectivity index (χ4n) is 4.07. The summed E-state index contributed by atoms with van der Waals surface area (Å²) in [6, 6.07) is 29.1. The van der Waals surface area contributed by atoms with E-state index in [1.165, 1.54) is 12.7 Å². The van der Waals surface area contributed by atoms with Gasteiger partial charge in [-0.05, 0) is 23.6 Å². The van der Waals surface area contributed by atoms with E-state index in [0.717, 1.165) is 16.7 Å². The van der Waals surface area contributed by atoms with Gasteiger partial charge < -0.3 is 4.74 Å². The molecule has 1 fully saturated rings. The van der Waals surface area contributed by atoms with Gasteiger partial charge in [-0.3, -0.25) is 9.69 Å². The van der Waals surface area contributed by atoms with Gasteiger partial charge in [0.05, 0.1) is 12.6 Å². The first-order valence-electron chi connectivity index (χ1n) is 9.20. The van der Waals surface area contributed by atoms with E-state index in [4.69, 9.17) is 4.74 Å². The maximum absolute atomic E-state index is 12.3. The summed E-state index contributed by atoms with van der Waals surface area (Å²) in [4.78, 5) is 14.6. The predicted molar refractivity (Wildman–Crippen MR) is 106 cm³/mol. The highest BCUT2D eigenvalue weighted by Crippen LogP contribution is 2.48. The molecule has 27 heavy (non-hydrogen) atoms. The highest BCUT2D eigenvalue weighted by Gasteiger charge is 2.56. The van der Waals surface area contributed by atoms with Gasteiger partial charge in [0.25, 0.3) is 0 Å². The molecule has 2 unspecified atom stereocenters. The van der Waals surface area contributed by atoms with Crippen molar-refractivity contribution in [2.45, 2.75) is 18.5 Å². The van der Waals surface area contributed by atoms with Crippen LogP contribution in [0.5, 0.6) is 0 Å². The number of methoxy groups -OCH3 is 1. The van der Waals surface area contributed by atoms with Crippen molar-refractivity contribution in [3.05, 3.63) is 107 Å². The van der Waals surface area contributed by atoms with Crippen LogP contribution in [-0.4, -0.2) is 30.6 Å². The summed E-state index contributed by atoms with van der Waals surface area (Å²) in [5.74, 6) is -0.182. The first kappa shape index (κ1) is 17.5. The molecule has 0 amide bonds. The molecule has 0 saturated carbocycles. The molecule has 0 N–H and O–H groups in total. The Labute approximate surface area is 160 Å². The minimum atomic E-state index is -0.534. The lowest BCUT2D eigenvalue weighted by atomic mass is 9.76. The fraction of sp³-hybridized carbons (Fsp3) is 0.208. The Balaban J connectivity index is 2.00. The SMILES string of the molecule is COC(=O)C1CN1C(c1ccccc1)(c1ccccc1)c1cccc(C)c1. The number of nitrogens with zero attached hydrogens (tertiary/aromatic N) is 1. The van der Waals surface area contributed by atoms with Crippen molar-refractivity contribution in [3.63, 3.8) is 0 Å². The van der Waals surface area contributed by atoms with Crippen LogP contribution in [0.3, 0.4) is 0 Å². The summed E-state index contributed by atoms with van der Waals surface area (Å²) in [6.45, 7) is 2.77. The van der Waals surface area contributed by atoms with Gasteiger partial charge in [-0.25, -0.2) is 0 Å². The van der Waals surface area contributed by atoms with E-state index in [0.29, 0.717) is 6.54 Å². The van der Waals surface area contributed by atoms with E-state index in [-0.39, 0.29) is 12.0 Å². The molecule has 0 radical (unpaired) electrons. The summed E-state index contributed by atoms with van der Waals surface area (Å²) >= 11 is 0. The molecule has 3 nitrogen and oxygen atoms in total. The molecule has 3 heteroatoms. The normalized spacial score (nSPS) is 18.7. The van der Waals surface area contributed by atoms with Crippen LogP contribution >= 0.6 is 0 Å². The van der Waals surface area contributed by atoms with E-state index < -0.39 is 5.54 Å². The van der Waals surface area contributed by atoms with Gasteiger partial charge in [0.15, 0.2) is 0 Å². The van der Waals surface area contributed by atoms with Crippen molar-refractivity contribution >= 4 is 5.97 Å². The zero-order valence-corrected chi connectivity index (χ0v) is 15.6. The minimum absolute atomic E-state index is 0.182. The average Bonchev–Trinajstić information content (AvgIpc) is 3.51. The fourth-order valence-corrected chi connectivity index (χ4v) is 4.07. The molecule has 0 aliphatic carbocycles. The summed E-state index contributed by atoms with van der Waals surface area (Å²) < 4.78 is 5.05. The standard InChI is InChI=1S/C24H23NO2/c1-18-10-9-15-21(16-18)24(19-11-5-3-6-12-19,20-13-7-4-8-14-20)25-17-22(25)23(26)27-2/h3-16,22H,17H2,1-2H3. The van der Waals surface area contributed by atoms with Crippen molar-refractivity contribution in [1.82, 2.24) is 4.90 Å². The number of carbonyl (C=O) groups is 1. The van der Waals surface area contributed by atoms with Crippen molar-refractivity contribution in [2.24, 2.45) is 0 Å². The van der Waals surface area contributed by atoms with Gasteiger partial charge in [0.1, 0.15) is 6.04 Å². The largest absolute Gasteiger partial charge is 0.468 e. The highest BCUT2D eigenvalue weighted by molar-refractivity contribution is 5.80. The first-order chi connectivity index (χ1) is 13.2. The van der Waals surface area contributed by atoms with E-state index >= 15 is 0 Å². The lowest BCUT2D eigenvalue weighted by molar-refractivity contribution is -0.141. The number of carbonyl (C=O) groups excluding carboxylic acids is 1. The van der Waals surface area contributed by atoms with E-state index in [9.17, 15) is 4.79 Å². The molecule has 1 aliphatic rings. The quantitative estimate of drug-likeness (QED) is 0.390. The third-order valence-electron chi connectivity index (χ3n) is 5.34. The molecule has 0 bridgehead atoms. The number of benzene rings is 3. The van der Waals surface area contributed by atoms with Crippen LogP contribution in [0.25, 0.3) is 0 Å². The number of hydrogen-bond donors (Lipinski definition) is 0. The molecule has 3 aromatic rings. The van der Waals surface area contributed by atoms with Gasteiger partial charge in [0.2, 0.25) is 0 Å². The number of aryl methyl sites for hydroxylation is 1. The zero-order chi connectivity index (χ0) is 18.9. The van der Waals surface area contributed by atoms with E-state index in [1.54, 1.807) is 0 Å². The zero-order valence-electron chi connectivity index (χ0n) is 15.6. The Morgan fingerprint density at radius 1 is 0.889 bits per heavy atom.